The maximum atomic E-state index is 13.1. The van der Waals surface area contributed by atoms with E-state index in [0.717, 1.165) is 47.9 Å². The Labute approximate surface area is 196 Å². The van der Waals surface area contributed by atoms with Gasteiger partial charge >= 0.3 is 0 Å². The summed E-state index contributed by atoms with van der Waals surface area (Å²) in [6, 6.07) is 3.74. The lowest BCUT2D eigenvalue weighted by molar-refractivity contribution is -0.123. The molecule has 2 heterocycles. The molecular weight excluding hydrogens is 412 g/mol. The second-order valence-electron chi connectivity index (χ2n) is 12.3. The zero-order chi connectivity index (χ0) is 22.8. The van der Waals surface area contributed by atoms with Gasteiger partial charge in [-0.1, -0.05) is 12.1 Å². The molecule has 0 saturated heterocycles. The summed E-state index contributed by atoms with van der Waals surface area (Å²) in [7, 11) is 0. The van der Waals surface area contributed by atoms with Crippen LogP contribution < -0.4 is 0 Å². The summed E-state index contributed by atoms with van der Waals surface area (Å²) in [5.41, 5.74) is 1.30. The fourth-order valence-corrected chi connectivity index (χ4v) is 8.95. The molecule has 4 fully saturated rings. The van der Waals surface area contributed by atoms with Gasteiger partial charge in [0, 0.05) is 12.6 Å². The first-order chi connectivity index (χ1) is 15.8. The predicted octanol–water partition coefficient (Wildman–Crippen LogP) is 4.81. The number of aliphatic hydroxyl groups is 1. The van der Waals surface area contributed by atoms with Crippen LogP contribution in [0.25, 0.3) is 11.2 Å². The molecule has 1 N–H and O–H groups in total. The molecule has 0 aliphatic heterocycles. The first kappa shape index (κ1) is 21.7. The normalized spacial score (nSPS) is 42.5. The first-order valence-corrected chi connectivity index (χ1v) is 13.2. The maximum Gasteiger partial charge on any atom is 0.178 e. The predicted molar refractivity (Wildman–Crippen MR) is 126 cm³/mol. The van der Waals surface area contributed by atoms with Gasteiger partial charge in [0.15, 0.2) is 11.4 Å². The van der Waals surface area contributed by atoms with Gasteiger partial charge in [-0.05, 0) is 118 Å². The lowest BCUT2D eigenvalue weighted by Gasteiger charge is -2.57. The highest BCUT2D eigenvalue weighted by atomic mass is 16.3. The number of carbonyl (C=O) groups excluding carboxylic acids is 1. The number of fused-ring (bicyclic) bond motifs is 6. The van der Waals surface area contributed by atoms with E-state index in [2.05, 4.69) is 22.2 Å². The molecule has 4 saturated carbocycles. The third kappa shape index (κ3) is 3.64. The molecule has 2 aromatic heterocycles. The third-order valence-electron chi connectivity index (χ3n) is 10.5. The number of ketones is 1. The van der Waals surface area contributed by atoms with Crippen molar-refractivity contribution in [2.75, 3.05) is 0 Å². The molecule has 4 aliphatic rings. The number of pyridine rings is 1. The number of nitrogens with zero attached hydrogens (tertiary/aromatic N) is 4. The second-order valence-corrected chi connectivity index (χ2v) is 12.3. The summed E-state index contributed by atoms with van der Waals surface area (Å²) in [5.74, 6) is 4.75. The van der Waals surface area contributed by atoms with Crippen LogP contribution in [0.2, 0.25) is 0 Å². The average Bonchev–Trinajstić information content (AvgIpc) is 3.34. The average molecular weight is 451 g/mol. The van der Waals surface area contributed by atoms with E-state index in [4.69, 9.17) is 0 Å². The molecule has 6 nitrogen and oxygen atoms in total. The largest absolute Gasteiger partial charge is 0.390 e. The lowest BCUT2D eigenvalue weighted by Crippen LogP contribution is -2.50. The number of aromatic nitrogens is 4. The van der Waals surface area contributed by atoms with Crippen LogP contribution in [-0.4, -0.2) is 36.5 Å². The smallest absolute Gasteiger partial charge is 0.178 e. The molecule has 0 amide bonds. The highest BCUT2D eigenvalue weighted by Crippen LogP contribution is 2.65. The van der Waals surface area contributed by atoms with Gasteiger partial charge in [0.1, 0.15) is 12.1 Å². The van der Waals surface area contributed by atoms with Crippen molar-refractivity contribution in [2.24, 2.45) is 40.9 Å². The van der Waals surface area contributed by atoms with E-state index >= 15 is 0 Å². The molecule has 0 radical (unpaired) electrons. The van der Waals surface area contributed by atoms with Crippen molar-refractivity contribution in [2.45, 2.75) is 90.2 Å². The van der Waals surface area contributed by atoms with E-state index in [-0.39, 0.29) is 12.3 Å². The monoisotopic (exact) mass is 450 g/mol. The molecule has 8 atom stereocenters. The van der Waals surface area contributed by atoms with Crippen LogP contribution in [0, 0.1) is 40.9 Å². The number of hydrogen-bond donors (Lipinski definition) is 1. The topological polar surface area (TPSA) is 80.9 Å². The number of hydrogen-bond acceptors (Lipinski definition) is 5. The zero-order valence-corrected chi connectivity index (χ0v) is 20.1. The quantitative estimate of drug-likeness (QED) is 0.723. The molecule has 0 spiro atoms. The fraction of sp³-hybridized carbons (Fsp3) is 0.778. The summed E-state index contributed by atoms with van der Waals surface area (Å²) in [5, 5.41) is 19.0. The summed E-state index contributed by atoms with van der Waals surface area (Å²) in [6.45, 7) is 4.83. The van der Waals surface area contributed by atoms with E-state index in [9.17, 15) is 9.90 Å². The highest BCUT2D eigenvalue weighted by molar-refractivity contribution is 5.80. The van der Waals surface area contributed by atoms with Gasteiger partial charge in [0.25, 0.3) is 0 Å². The maximum absolute atomic E-state index is 13.1. The van der Waals surface area contributed by atoms with Crippen molar-refractivity contribution in [1.29, 1.82) is 0 Å². The van der Waals surface area contributed by atoms with Gasteiger partial charge in [-0.25, -0.2) is 9.67 Å². The fourth-order valence-electron chi connectivity index (χ4n) is 8.95. The van der Waals surface area contributed by atoms with Gasteiger partial charge in [-0.2, -0.15) is 0 Å². The minimum atomic E-state index is -0.444. The van der Waals surface area contributed by atoms with Crippen molar-refractivity contribution in [3.8, 4) is 0 Å². The van der Waals surface area contributed by atoms with E-state index < -0.39 is 5.60 Å². The van der Waals surface area contributed by atoms with Crippen LogP contribution in [0.1, 0.15) is 78.1 Å². The zero-order valence-electron chi connectivity index (χ0n) is 20.1. The Morgan fingerprint density at radius 2 is 1.94 bits per heavy atom. The van der Waals surface area contributed by atoms with Crippen molar-refractivity contribution < 1.29 is 9.90 Å². The van der Waals surface area contributed by atoms with Gasteiger partial charge in [0.05, 0.1) is 5.60 Å². The van der Waals surface area contributed by atoms with E-state index in [1.165, 1.54) is 44.9 Å². The second kappa shape index (κ2) is 7.86. The Balaban J connectivity index is 1.14. The van der Waals surface area contributed by atoms with Crippen LogP contribution in [0.3, 0.4) is 0 Å². The molecule has 6 rings (SSSR count). The van der Waals surface area contributed by atoms with Gasteiger partial charge in [0.2, 0.25) is 0 Å². The number of Topliss-reactive ketones (excluding diaryl/α,β-unsaturated/α-hetero) is 1. The van der Waals surface area contributed by atoms with E-state index in [1.807, 2.05) is 19.1 Å². The Bertz CT molecular complexity index is 1050. The molecule has 0 unspecified atom stereocenters. The highest BCUT2D eigenvalue weighted by Gasteiger charge is 2.57. The molecule has 0 aromatic carbocycles. The van der Waals surface area contributed by atoms with Crippen molar-refractivity contribution >= 4 is 16.9 Å². The van der Waals surface area contributed by atoms with E-state index in [1.54, 1.807) is 10.9 Å². The molecule has 178 valence electrons. The molecule has 4 aliphatic carbocycles. The summed E-state index contributed by atoms with van der Waals surface area (Å²) < 4.78 is 1.67. The standard InChI is InChI=1S/C27H38N4O2/c1-26(33)11-9-20-17(15-26)5-7-22-21(20)10-12-27(2)18(6-8-23(22)27)14-19(32)16-31-25-24(29-30-31)4-3-13-28-25/h3-4,13,17-18,20-23,33H,5-12,14-16H2,1-2H3/t17-,18-,20+,21-,22-,23+,26-,27-/m1/s1. The minimum absolute atomic E-state index is 0.264. The Morgan fingerprint density at radius 1 is 1.09 bits per heavy atom. The first-order valence-electron chi connectivity index (χ1n) is 13.2. The SMILES string of the molecule is C[C@@]1(O)CC[C@H]2[C@H](CC[C@@H]3[C@@H]2CC[C@]2(C)[C@@H](CC(=O)Cn4nnc5cccnc54)CC[C@@H]32)C1. The van der Waals surface area contributed by atoms with Gasteiger partial charge in [-0.15, -0.1) is 5.10 Å². The number of rotatable bonds is 4. The van der Waals surface area contributed by atoms with Gasteiger partial charge < -0.3 is 5.11 Å². The van der Waals surface area contributed by atoms with Crippen molar-refractivity contribution in [1.82, 2.24) is 20.0 Å². The summed E-state index contributed by atoms with van der Waals surface area (Å²) in [6.07, 6.45) is 13.3. The van der Waals surface area contributed by atoms with Crippen LogP contribution in [0.4, 0.5) is 0 Å². The molecular formula is C27H38N4O2. The summed E-state index contributed by atoms with van der Waals surface area (Å²) in [4.78, 5) is 17.5. The van der Waals surface area contributed by atoms with E-state index in [0.29, 0.717) is 23.4 Å². The van der Waals surface area contributed by atoms with Crippen LogP contribution in [0.5, 0.6) is 0 Å². The summed E-state index contributed by atoms with van der Waals surface area (Å²) >= 11 is 0. The molecule has 33 heavy (non-hydrogen) atoms. The van der Waals surface area contributed by atoms with Crippen LogP contribution >= 0.6 is 0 Å². The third-order valence-corrected chi connectivity index (χ3v) is 10.5. The minimum Gasteiger partial charge on any atom is -0.390 e. The van der Waals surface area contributed by atoms with Gasteiger partial charge in [-0.3, -0.25) is 4.79 Å². The van der Waals surface area contributed by atoms with Crippen molar-refractivity contribution in [3.63, 3.8) is 0 Å². The van der Waals surface area contributed by atoms with Crippen molar-refractivity contribution in [3.05, 3.63) is 18.3 Å². The Hall–Kier alpha value is -1.82. The Morgan fingerprint density at radius 3 is 2.82 bits per heavy atom. The molecule has 2 aromatic rings. The molecule has 0 bridgehead atoms. The lowest BCUT2D eigenvalue weighted by atomic mass is 9.49. The molecule has 6 heteroatoms. The van der Waals surface area contributed by atoms with Crippen LogP contribution in [0.15, 0.2) is 18.3 Å². The number of carbonyl (C=O) groups is 1. The van der Waals surface area contributed by atoms with Crippen LogP contribution in [-0.2, 0) is 11.3 Å². The Kier molecular flexibility index (Phi) is 5.17.